The molecule has 1 aromatic rings. The molecule has 0 aliphatic heterocycles. The van der Waals surface area contributed by atoms with Crippen molar-refractivity contribution in [1.82, 2.24) is 10.6 Å². The van der Waals surface area contributed by atoms with E-state index in [0.29, 0.717) is 24.2 Å². The Morgan fingerprint density at radius 1 is 1.28 bits per heavy atom. The molecule has 0 spiro atoms. The summed E-state index contributed by atoms with van der Waals surface area (Å²) in [5, 5.41) is 6.86. The van der Waals surface area contributed by atoms with Crippen LogP contribution in [0.15, 0.2) is 24.3 Å². The Morgan fingerprint density at radius 2 is 2.00 bits per heavy atom. The van der Waals surface area contributed by atoms with Crippen LogP contribution in [-0.2, 0) is 11.3 Å². The summed E-state index contributed by atoms with van der Waals surface area (Å²) in [6.07, 6.45) is 4.94. The summed E-state index contributed by atoms with van der Waals surface area (Å²) in [6.45, 7) is 0.889. The zero-order chi connectivity index (χ0) is 12.8. The van der Waals surface area contributed by atoms with Crippen molar-refractivity contribution in [3.8, 4) is 0 Å². The fourth-order valence-electron chi connectivity index (χ4n) is 2.27. The average molecular weight is 267 g/mol. The lowest BCUT2D eigenvalue weighted by Gasteiger charge is -2.12. The molecule has 2 N–H and O–H groups in total. The van der Waals surface area contributed by atoms with E-state index in [1.807, 2.05) is 24.3 Å². The molecule has 3 nitrogen and oxygen atoms in total. The summed E-state index contributed by atoms with van der Waals surface area (Å²) in [5.41, 5.74) is 0.952. The molecule has 0 saturated heterocycles. The van der Waals surface area contributed by atoms with Crippen LogP contribution in [0.5, 0.6) is 0 Å². The average Bonchev–Trinajstić information content (AvgIpc) is 2.88. The van der Waals surface area contributed by atoms with Crippen LogP contribution in [0.3, 0.4) is 0 Å². The normalized spacial score (nSPS) is 15.8. The zero-order valence-electron chi connectivity index (χ0n) is 10.4. The highest BCUT2D eigenvalue weighted by Crippen LogP contribution is 2.17. The van der Waals surface area contributed by atoms with Crippen molar-refractivity contribution in [2.75, 3.05) is 6.54 Å². The second-order valence-corrected chi connectivity index (χ2v) is 5.14. The van der Waals surface area contributed by atoms with E-state index < -0.39 is 0 Å². The van der Waals surface area contributed by atoms with E-state index in [2.05, 4.69) is 10.6 Å². The fraction of sp³-hybridized carbons (Fsp3) is 0.500. The van der Waals surface area contributed by atoms with Gasteiger partial charge in [0.2, 0.25) is 5.91 Å². The molecule has 2 rings (SSSR count). The van der Waals surface area contributed by atoms with E-state index >= 15 is 0 Å². The predicted octanol–water partition coefficient (Wildman–Crippen LogP) is 2.49. The molecule has 0 atom stereocenters. The van der Waals surface area contributed by atoms with Gasteiger partial charge in [0.15, 0.2) is 0 Å². The number of amides is 1. The van der Waals surface area contributed by atoms with Gasteiger partial charge in [-0.05, 0) is 24.5 Å². The lowest BCUT2D eigenvalue weighted by Crippen LogP contribution is -2.37. The van der Waals surface area contributed by atoms with Crippen LogP contribution in [0.1, 0.15) is 31.2 Å². The third-order valence-corrected chi connectivity index (χ3v) is 3.71. The molecule has 0 radical (unpaired) electrons. The third kappa shape index (κ3) is 4.00. The number of carbonyl (C=O) groups excluding carboxylic acids is 1. The molecule has 4 heteroatoms. The lowest BCUT2D eigenvalue weighted by atomic mass is 10.2. The number of halogens is 1. The van der Waals surface area contributed by atoms with Gasteiger partial charge < -0.3 is 10.6 Å². The van der Waals surface area contributed by atoms with Crippen molar-refractivity contribution < 1.29 is 4.79 Å². The highest BCUT2D eigenvalue weighted by molar-refractivity contribution is 6.31. The monoisotopic (exact) mass is 266 g/mol. The summed E-state index contributed by atoms with van der Waals surface area (Å²) in [6, 6.07) is 8.09. The van der Waals surface area contributed by atoms with Crippen molar-refractivity contribution in [3.05, 3.63) is 34.9 Å². The van der Waals surface area contributed by atoms with Crippen LogP contribution >= 0.6 is 11.6 Å². The third-order valence-electron chi connectivity index (χ3n) is 3.34. The Kier molecular flexibility index (Phi) is 5.02. The largest absolute Gasteiger partial charge is 0.351 e. The van der Waals surface area contributed by atoms with Crippen LogP contribution in [0.2, 0.25) is 5.02 Å². The molecular formula is C14H19ClN2O. The molecule has 1 aromatic carbocycles. The molecule has 1 amide bonds. The molecular weight excluding hydrogens is 248 g/mol. The van der Waals surface area contributed by atoms with Crippen molar-refractivity contribution in [1.29, 1.82) is 0 Å². The minimum atomic E-state index is 0.0295. The molecule has 0 bridgehead atoms. The molecule has 1 aliphatic rings. The first kappa shape index (κ1) is 13.4. The van der Waals surface area contributed by atoms with E-state index in [0.717, 1.165) is 5.56 Å². The topological polar surface area (TPSA) is 41.1 Å². The van der Waals surface area contributed by atoms with Crippen molar-refractivity contribution in [2.45, 2.75) is 38.3 Å². The van der Waals surface area contributed by atoms with Gasteiger partial charge in [-0.3, -0.25) is 4.79 Å². The highest BCUT2D eigenvalue weighted by atomic mass is 35.5. The molecule has 0 unspecified atom stereocenters. The molecule has 0 aromatic heterocycles. The van der Waals surface area contributed by atoms with Gasteiger partial charge in [-0.1, -0.05) is 42.6 Å². The minimum absolute atomic E-state index is 0.0295. The summed E-state index contributed by atoms with van der Waals surface area (Å²) in [4.78, 5) is 11.7. The Bertz CT molecular complexity index is 403. The molecule has 1 saturated carbocycles. The maximum Gasteiger partial charge on any atom is 0.234 e. The number of rotatable bonds is 5. The van der Waals surface area contributed by atoms with Crippen LogP contribution in [0.25, 0.3) is 0 Å². The van der Waals surface area contributed by atoms with Gasteiger partial charge in [-0.2, -0.15) is 0 Å². The Balaban J connectivity index is 1.69. The number of benzene rings is 1. The smallest absolute Gasteiger partial charge is 0.234 e. The van der Waals surface area contributed by atoms with E-state index in [1.54, 1.807) is 0 Å². The summed E-state index contributed by atoms with van der Waals surface area (Å²) < 4.78 is 0. The van der Waals surface area contributed by atoms with Crippen LogP contribution < -0.4 is 10.6 Å². The molecule has 0 heterocycles. The Hall–Kier alpha value is -1.06. The van der Waals surface area contributed by atoms with Gasteiger partial charge in [0, 0.05) is 17.6 Å². The van der Waals surface area contributed by atoms with E-state index in [-0.39, 0.29) is 5.91 Å². The van der Waals surface area contributed by atoms with Gasteiger partial charge in [0.1, 0.15) is 0 Å². The number of hydrogen-bond donors (Lipinski definition) is 2. The number of carbonyl (C=O) groups is 1. The van der Waals surface area contributed by atoms with Crippen molar-refractivity contribution in [3.63, 3.8) is 0 Å². The van der Waals surface area contributed by atoms with Gasteiger partial charge in [0.05, 0.1) is 6.54 Å². The number of nitrogens with one attached hydrogen (secondary N) is 2. The number of hydrogen-bond acceptors (Lipinski definition) is 2. The molecule has 1 fully saturated rings. The quantitative estimate of drug-likeness (QED) is 0.860. The van der Waals surface area contributed by atoms with Gasteiger partial charge in [-0.25, -0.2) is 0 Å². The van der Waals surface area contributed by atoms with Crippen molar-refractivity contribution >= 4 is 17.5 Å². The van der Waals surface area contributed by atoms with Gasteiger partial charge in [0.25, 0.3) is 0 Å². The lowest BCUT2D eigenvalue weighted by molar-refractivity contribution is -0.120. The van der Waals surface area contributed by atoms with Gasteiger partial charge >= 0.3 is 0 Å². The Labute approximate surface area is 113 Å². The summed E-state index contributed by atoms with van der Waals surface area (Å²) in [5.74, 6) is 0.0295. The maximum absolute atomic E-state index is 11.7. The first-order chi connectivity index (χ1) is 8.75. The second kappa shape index (κ2) is 6.76. The first-order valence-electron chi connectivity index (χ1n) is 6.49. The Morgan fingerprint density at radius 3 is 2.72 bits per heavy atom. The summed E-state index contributed by atoms with van der Waals surface area (Å²) in [7, 11) is 0. The van der Waals surface area contributed by atoms with Crippen LogP contribution in [0, 0.1) is 0 Å². The van der Waals surface area contributed by atoms with Crippen LogP contribution in [0.4, 0.5) is 0 Å². The van der Waals surface area contributed by atoms with E-state index in [4.69, 9.17) is 11.6 Å². The van der Waals surface area contributed by atoms with Crippen molar-refractivity contribution in [2.24, 2.45) is 0 Å². The molecule has 18 heavy (non-hydrogen) atoms. The SMILES string of the molecule is O=C(CNC1CCCC1)NCc1ccccc1Cl. The first-order valence-corrected chi connectivity index (χ1v) is 6.87. The second-order valence-electron chi connectivity index (χ2n) is 4.73. The standard InChI is InChI=1S/C14H19ClN2O/c15-13-8-4-1-5-11(13)9-17-14(18)10-16-12-6-2-3-7-12/h1,4-5,8,12,16H,2-3,6-7,9-10H2,(H,17,18). The molecule has 1 aliphatic carbocycles. The predicted molar refractivity (Wildman–Crippen MR) is 73.6 cm³/mol. The maximum atomic E-state index is 11.7. The summed E-state index contributed by atoms with van der Waals surface area (Å²) >= 11 is 6.02. The molecule has 98 valence electrons. The van der Waals surface area contributed by atoms with Gasteiger partial charge in [-0.15, -0.1) is 0 Å². The highest BCUT2D eigenvalue weighted by Gasteiger charge is 2.15. The van der Waals surface area contributed by atoms with E-state index in [9.17, 15) is 4.79 Å². The van der Waals surface area contributed by atoms with E-state index in [1.165, 1.54) is 25.7 Å². The fourth-order valence-corrected chi connectivity index (χ4v) is 2.47. The van der Waals surface area contributed by atoms with Crippen LogP contribution in [-0.4, -0.2) is 18.5 Å². The minimum Gasteiger partial charge on any atom is -0.351 e. The zero-order valence-corrected chi connectivity index (χ0v) is 11.2.